The predicted octanol–water partition coefficient (Wildman–Crippen LogP) is 1.43. The molecule has 0 saturated carbocycles. The third-order valence-electron chi connectivity index (χ3n) is 2.54. The van der Waals surface area contributed by atoms with Crippen molar-refractivity contribution < 1.29 is 4.79 Å². The number of carbonyl (C=O) groups is 1. The van der Waals surface area contributed by atoms with Crippen LogP contribution in [-0.4, -0.2) is 12.5 Å². The summed E-state index contributed by atoms with van der Waals surface area (Å²) >= 11 is 0. The Labute approximate surface area is 93.5 Å². The van der Waals surface area contributed by atoms with E-state index < -0.39 is 10.6 Å². The van der Waals surface area contributed by atoms with Crippen molar-refractivity contribution in [2.45, 2.75) is 0 Å². The Morgan fingerprint density at radius 3 is 2.62 bits per heavy atom. The van der Waals surface area contributed by atoms with Crippen molar-refractivity contribution in [1.29, 1.82) is 0 Å². The minimum absolute atomic E-state index is 0.0514. The summed E-state index contributed by atoms with van der Waals surface area (Å²) < 4.78 is -0.671. The molecule has 16 heavy (non-hydrogen) atoms. The smallest absolute Gasteiger partial charge is 0.250 e. The number of hydrogen-bond acceptors (Lipinski definition) is 2. The zero-order chi connectivity index (χ0) is 11.6. The minimum Gasteiger partial charge on any atom is -0.622 e. The van der Waals surface area contributed by atoms with E-state index in [9.17, 15) is 10.0 Å². The van der Waals surface area contributed by atoms with Gasteiger partial charge in [0.05, 0.1) is 5.57 Å². The summed E-state index contributed by atoms with van der Waals surface area (Å²) in [6.45, 7) is 0.0514. The molecule has 2 N–H and O–H groups in total. The average molecular weight is 216 g/mol. The van der Waals surface area contributed by atoms with E-state index in [2.05, 4.69) is 0 Å². The first-order valence-corrected chi connectivity index (χ1v) is 4.94. The number of amides is 1. The van der Waals surface area contributed by atoms with E-state index in [0.717, 1.165) is 0 Å². The molecule has 1 aliphatic heterocycles. The number of nitrogens with two attached hydrogens (primary N) is 1. The van der Waals surface area contributed by atoms with Gasteiger partial charge < -0.3 is 10.9 Å². The number of hydrogen-bond donors (Lipinski definition) is 1. The second kappa shape index (κ2) is 3.92. The Hall–Kier alpha value is -1.91. The fourth-order valence-electron chi connectivity index (χ4n) is 1.67. The van der Waals surface area contributed by atoms with Gasteiger partial charge in [-0.3, -0.25) is 9.44 Å². The Morgan fingerprint density at radius 2 is 2.00 bits per heavy atom. The van der Waals surface area contributed by atoms with Crippen LogP contribution in [-0.2, 0) is 4.79 Å². The molecule has 0 aromatic heterocycles. The normalized spacial score (nSPS) is 23.9. The zero-order valence-electron chi connectivity index (χ0n) is 8.67. The van der Waals surface area contributed by atoms with Crippen LogP contribution in [0.5, 0.6) is 0 Å². The lowest BCUT2D eigenvalue weighted by Crippen LogP contribution is -2.42. The second-order valence-electron chi connectivity index (χ2n) is 3.69. The SMILES string of the molecule is NC(=O)C1=CC=C[N+]([O-])(c2ccccc2)C1. The van der Waals surface area contributed by atoms with Gasteiger partial charge in [-0.25, -0.2) is 0 Å². The molecule has 82 valence electrons. The molecule has 1 heterocycles. The van der Waals surface area contributed by atoms with Gasteiger partial charge in [0.25, 0.3) is 0 Å². The summed E-state index contributed by atoms with van der Waals surface area (Å²) in [7, 11) is 0. The van der Waals surface area contributed by atoms with Gasteiger partial charge in [0.15, 0.2) is 0 Å². The van der Waals surface area contributed by atoms with E-state index >= 15 is 0 Å². The van der Waals surface area contributed by atoms with Crippen molar-refractivity contribution in [2.75, 3.05) is 6.54 Å². The van der Waals surface area contributed by atoms with Crippen LogP contribution in [0, 0.1) is 5.21 Å². The third-order valence-corrected chi connectivity index (χ3v) is 2.54. The van der Waals surface area contributed by atoms with Crippen molar-refractivity contribution in [2.24, 2.45) is 5.73 Å². The average Bonchev–Trinajstić information content (AvgIpc) is 2.30. The van der Waals surface area contributed by atoms with Crippen molar-refractivity contribution in [3.63, 3.8) is 0 Å². The molecule has 1 atom stereocenters. The molecule has 1 aromatic carbocycles. The highest BCUT2D eigenvalue weighted by Gasteiger charge is 2.24. The van der Waals surface area contributed by atoms with Crippen molar-refractivity contribution >= 4 is 11.6 Å². The lowest BCUT2D eigenvalue weighted by molar-refractivity contribution is -0.114. The van der Waals surface area contributed by atoms with Crippen LogP contribution in [0.1, 0.15) is 0 Å². The monoisotopic (exact) mass is 216 g/mol. The third kappa shape index (κ3) is 1.88. The molecule has 1 unspecified atom stereocenters. The molecule has 0 aliphatic carbocycles. The number of allylic oxidation sites excluding steroid dienone is 2. The maximum absolute atomic E-state index is 12.4. The number of hydroxylamine groups is 2. The first-order chi connectivity index (χ1) is 7.62. The van der Waals surface area contributed by atoms with Gasteiger partial charge >= 0.3 is 0 Å². The largest absolute Gasteiger partial charge is 0.622 e. The van der Waals surface area contributed by atoms with Gasteiger partial charge in [0.2, 0.25) is 5.91 Å². The quantitative estimate of drug-likeness (QED) is 0.600. The van der Waals surface area contributed by atoms with Crippen LogP contribution in [0.3, 0.4) is 0 Å². The predicted molar refractivity (Wildman–Crippen MR) is 62.9 cm³/mol. The molecule has 4 nitrogen and oxygen atoms in total. The molecular formula is C12H12N2O2. The topological polar surface area (TPSA) is 66.2 Å². The zero-order valence-corrected chi connectivity index (χ0v) is 8.67. The molecule has 1 aliphatic rings. The van der Waals surface area contributed by atoms with Crippen LogP contribution in [0.15, 0.2) is 54.3 Å². The number of primary amides is 1. The summed E-state index contributed by atoms with van der Waals surface area (Å²) in [4.78, 5) is 11.0. The van der Waals surface area contributed by atoms with E-state index in [1.165, 1.54) is 6.20 Å². The van der Waals surface area contributed by atoms with Crippen molar-refractivity contribution in [3.05, 3.63) is 59.5 Å². The summed E-state index contributed by atoms with van der Waals surface area (Å²) in [6.07, 6.45) is 4.66. The lowest BCUT2D eigenvalue weighted by Gasteiger charge is -2.39. The molecule has 0 radical (unpaired) electrons. The van der Waals surface area contributed by atoms with Gasteiger partial charge in [-0.15, -0.1) is 0 Å². The Balaban J connectivity index is 2.33. The highest BCUT2D eigenvalue weighted by Crippen LogP contribution is 2.26. The van der Waals surface area contributed by atoms with Gasteiger partial charge in [-0.2, -0.15) is 0 Å². The molecule has 0 fully saturated rings. The molecule has 1 aromatic rings. The van der Waals surface area contributed by atoms with Crippen LogP contribution in [0.25, 0.3) is 0 Å². The van der Waals surface area contributed by atoms with E-state index in [1.54, 1.807) is 36.4 Å². The number of quaternary nitrogens is 1. The van der Waals surface area contributed by atoms with Gasteiger partial charge in [-0.1, -0.05) is 18.2 Å². The number of para-hydroxylation sites is 1. The standard InChI is InChI=1S/C12H12N2O2/c13-12(15)10-5-4-8-14(16,9-10)11-6-2-1-3-7-11/h1-8H,9H2,(H2,13,15). The van der Waals surface area contributed by atoms with E-state index in [-0.39, 0.29) is 6.54 Å². The Morgan fingerprint density at radius 1 is 1.31 bits per heavy atom. The van der Waals surface area contributed by atoms with Crippen LogP contribution < -0.4 is 10.4 Å². The summed E-state index contributed by atoms with van der Waals surface area (Å²) in [6, 6.07) is 8.91. The first-order valence-electron chi connectivity index (χ1n) is 4.94. The summed E-state index contributed by atoms with van der Waals surface area (Å²) in [5.41, 5.74) is 6.11. The first kappa shape index (κ1) is 10.6. The fraction of sp³-hybridized carbons (Fsp3) is 0.0833. The fourth-order valence-corrected chi connectivity index (χ4v) is 1.67. The van der Waals surface area contributed by atoms with Gasteiger partial charge in [0.1, 0.15) is 18.4 Å². The second-order valence-corrected chi connectivity index (χ2v) is 3.69. The van der Waals surface area contributed by atoms with Crippen LogP contribution in [0.4, 0.5) is 5.69 Å². The Kier molecular flexibility index (Phi) is 2.60. The number of rotatable bonds is 2. The summed E-state index contributed by atoms with van der Waals surface area (Å²) in [5, 5.41) is 12.4. The highest BCUT2D eigenvalue weighted by molar-refractivity contribution is 5.93. The van der Waals surface area contributed by atoms with E-state index in [1.807, 2.05) is 6.07 Å². The molecule has 2 rings (SSSR count). The Bertz CT molecular complexity index is 465. The maximum atomic E-state index is 12.4. The molecule has 0 bridgehead atoms. The molecular weight excluding hydrogens is 204 g/mol. The minimum atomic E-state index is -0.671. The number of nitrogens with zero attached hydrogens (tertiary/aromatic N) is 1. The maximum Gasteiger partial charge on any atom is 0.250 e. The van der Waals surface area contributed by atoms with Gasteiger partial charge in [-0.05, 0) is 24.3 Å². The molecule has 1 amide bonds. The molecule has 4 heteroatoms. The van der Waals surface area contributed by atoms with Crippen LogP contribution >= 0.6 is 0 Å². The summed E-state index contributed by atoms with van der Waals surface area (Å²) in [5.74, 6) is -0.543. The molecule has 0 saturated heterocycles. The number of benzene rings is 1. The van der Waals surface area contributed by atoms with Crippen LogP contribution in [0.2, 0.25) is 0 Å². The lowest BCUT2D eigenvalue weighted by atomic mass is 10.1. The highest BCUT2D eigenvalue weighted by atomic mass is 16.5. The van der Waals surface area contributed by atoms with Crippen molar-refractivity contribution in [3.8, 4) is 0 Å². The van der Waals surface area contributed by atoms with Crippen molar-refractivity contribution in [1.82, 2.24) is 4.65 Å². The molecule has 0 spiro atoms. The number of carbonyl (C=O) groups excluding carboxylic acids is 1. The van der Waals surface area contributed by atoms with E-state index in [0.29, 0.717) is 11.3 Å². The van der Waals surface area contributed by atoms with E-state index in [4.69, 9.17) is 5.73 Å². The van der Waals surface area contributed by atoms with Gasteiger partial charge in [0, 0.05) is 0 Å².